The molecule has 1 amide bonds. The Morgan fingerprint density at radius 3 is 2.55 bits per heavy atom. The van der Waals surface area contributed by atoms with Crippen LogP contribution < -0.4 is 5.32 Å². The Labute approximate surface area is 126 Å². The Kier molecular flexibility index (Phi) is 4.90. The van der Waals surface area contributed by atoms with E-state index in [-0.39, 0.29) is 11.7 Å². The molecule has 0 aliphatic carbocycles. The van der Waals surface area contributed by atoms with Crippen LogP contribution in [0.4, 0.5) is 10.1 Å². The highest BCUT2D eigenvalue weighted by molar-refractivity contribution is 9.10. The van der Waals surface area contributed by atoms with Crippen LogP contribution in [0.5, 0.6) is 0 Å². The quantitative estimate of drug-likeness (QED) is 0.877. The number of aryl methyl sites for hydroxylation is 2. The maximum Gasteiger partial charge on any atom is 0.224 e. The molecule has 1 N–H and O–H groups in total. The monoisotopic (exact) mass is 335 g/mol. The largest absolute Gasteiger partial charge is 0.326 e. The second-order valence-corrected chi connectivity index (χ2v) is 5.52. The highest BCUT2D eigenvalue weighted by atomic mass is 79.9. The third-order valence-corrected chi connectivity index (χ3v) is 3.61. The minimum atomic E-state index is -0.388. The second kappa shape index (κ2) is 6.66. The Balaban J connectivity index is 1.89. The minimum absolute atomic E-state index is 0.118. The molecular weight excluding hydrogens is 321 g/mol. The molecule has 2 nitrogen and oxygen atoms in total. The number of nitrogens with one attached hydrogen (secondary N) is 1. The molecule has 0 spiro atoms. The summed E-state index contributed by atoms with van der Waals surface area (Å²) in [6.45, 7) is 2.03. The first-order valence-electron chi connectivity index (χ1n) is 6.35. The SMILES string of the molecule is Cc1ccc(CCC(=O)Nc2ccc(Br)c(F)c2)cc1. The maximum absolute atomic E-state index is 13.3. The second-order valence-electron chi connectivity index (χ2n) is 4.66. The Hall–Kier alpha value is -1.68. The molecule has 0 radical (unpaired) electrons. The number of hydrogen-bond acceptors (Lipinski definition) is 1. The van der Waals surface area contributed by atoms with Gasteiger partial charge in [0.1, 0.15) is 5.82 Å². The third kappa shape index (κ3) is 4.17. The molecule has 20 heavy (non-hydrogen) atoms. The lowest BCUT2D eigenvalue weighted by molar-refractivity contribution is -0.116. The first kappa shape index (κ1) is 14.7. The Morgan fingerprint density at radius 2 is 1.90 bits per heavy atom. The summed E-state index contributed by atoms with van der Waals surface area (Å²) in [5, 5.41) is 2.69. The van der Waals surface area contributed by atoms with Crippen molar-refractivity contribution in [3.8, 4) is 0 Å². The molecule has 0 saturated heterocycles. The molecule has 0 bridgehead atoms. The zero-order valence-electron chi connectivity index (χ0n) is 11.1. The molecule has 2 rings (SSSR count). The highest BCUT2D eigenvalue weighted by Crippen LogP contribution is 2.19. The molecule has 0 aromatic heterocycles. The van der Waals surface area contributed by atoms with Crippen molar-refractivity contribution in [3.63, 3.8) is 0 Å². The maximum atomic E-state index is 13.3. The van der Waals surface area contributed by atoms with E-state index in [4.69, 9.17) is 0 Å². The van der Waals surface area contributed by atoms with Gasteiger partial charge in [-0.25, -0.2) is 4.39 Å². The van der Waals surface area contributed by atoms with Gasteiger partial charge in [0, 0.05) is 12.1 Å². The van der Waals surface area contributed by atoms with Crippen molar-refractivity contribution in [2.45, 2.75) is 19.8 Å². The van der Waals surface area contributed by atoms with Gasteiger partial charge in [-0.1, -0.05) is 29.8 Å². The average molecular weight is 336 g/mol. The normalized spacial score (nSPS) is 10.3. The minimum Gasteiger partial charge on any atom is -0.326 e. The van der Waals surface area contributed by atoms with E-state index in [9.17, 15) is 9.18 Å². The van der Waals surface area contributed by atoms with E-state index in [0.717, 1.165) is 5.56 Å². The van der Waals surface area contributed by atoms with Gasteiger partial charge in [-0.05, 0) is 53.0 Å². The molecule has 0 aliphatic rings. The Morgan fingerprint density at radius 1 is 1.20 bits per heavy atom. The van der Waals surface area contributed by atoms with Gasteiger partial charge in [-0.15, -0.1) is 0 Å². The number of carbonyl (C=O) groups is 1. The fourth-order valence-corrected chi connectivity index (χ4v) is 2.06. The van der Waals surface area contributed by atoms with Crippen molar-refractivity contribution in [1.29, 1.82) is 0 Å². The number of carbonyl (C=O) groups excluding carboxylic acids is 1. The molecular formula is C16H15BrFNO. The number of halogens is 2. The van der Waals surface area contributed by atoms with E-state index >= 15 is 0 Å². The zero-order valence-corrected chi connectivity index (χ0v) is 12.7. The van der Waals surface area contributed by atoms with Crippen LogP contribution in [-0.2, 0) is 11.2 Å². The Bertz CT molecular complexity index is 610. The van der Waals surface area contributed by atoms with Crippen LogP contribution in [0.25, 0.3) is 0 Å². The van der Waals surface area contributed by atoms with Gasteiger partial charge in [0.15, 0.2) is 0 Å². The third-order valence-electron chi connectivity index (χ3n) is 2.96. The topological polar surface area (TPSA) is 29.1 Å². The highest BCUT2D eigenvalue weighted by Gasteiger charge is 2.05. The number of hydrogen-bond donors (Lipinski definition) is 1. The van der Waals surface area contributed by atoms with Crippen molar-refractivity contribution in [2.75, 3.05) is 5.32 Å². The summed E-state index contributed by atoms with van der Waals surface area (Å²) in [5.74, 6) is -0.506. The summed E-state index contributed by atoms with van der Waals surface area (Å²) in [7, 11) is 0. The van der Waals surface area contributed by atoms with Gasteiger partial charge in [-0.3, -0.25) is 4.79 Å². The van der Waals surface area contributed by atoms with Crippen LogP contribution in [0.15, 0.2) is 46.9 Å². The molecule has 0 heterocycles. The average Bonchev–Trinajstić information content (AvgIpc) is 2.42. The molecule has 0 saturated carbocycles. The number of rotatable bonds is 4. The van der Waals surface area contributed by atoms with Crippen LogP contribution >= 0.6 is 15.9 Å². The molecule has 2 aromatic rings. The fourth-order valence-electron chi connectivity index (χ4n) is 1.81. The predicted molar refractivity (Wildman–Crippen MR) is 82.2 cm³/mol. The van der Waals surface area contributed by atoms with E-state index in [1.54, 1.807) is 12.1 Å². The van der Waals surface area contributed by atoms with Crippen molar-refractivity contribution in [1.82, 2.24) is 0 Å². The van der Waals surface area contributed by atoms with Crippen LogP contribution in [0.3, 0.4) is 0 Å². The molecule has 104 valence electrons. The summed E-state index contributed by atoms with van der Waals surface area (Å²) in [5.41, 5.74) is 2.79. The molecule has 0 aliphatic heterocycles. The summed E-state index contributed by atoms with van der Waals surface area (Å²) in [6, 6.07) is 12.6. The van der Waals surface area contributed by atoms with Crippen molar-refractivity contribution < 1.29 is 9.18 Å². The lowest BCUT2D eigenvalue weighted by Gasteiger charge is -2.06. The summed E-state index contributed by atoms with van der Waals surface area (Å²) in [6.07, 6.45) is 1.05. The van der Waals surface area contributed by atoms with E-state index in [2.05, 4.69) is 21.2 Å². The van der Waals surface area contributed by atoms with Gasteiger partial charge < -0.3 is 5.32 Å². The standard InChI is InChI=1S/C16H15BrFNO/c1-11-2-4-12(5-3-11)6-9-16(20)19-13-7-8-14(17)15(18)10-13/h2-5,7-8,10H,6,9H2,1H3,(H,19,20). The van der Waals surface area contributed by atoms with Gasteiger partial charge in [0.05, 0.1) is 4.47 Å². The molecule has 0 atom stereocenters. The van der Waals surface area contributed by atoms with Crippen LogP contribution in [0, 0.1) is 12.7 Å². The summed E-state index contributed by atoms with van der Waals surface area (Å²) in [4.78, 5) is 11.8. The molecule has 0 fully saturated rings. The van der Waals surface area contributed by atoms with E-state index in [0.29, 0.717) is 23.0 Å². The van der Waals surface area contributed by atoms with E-state index in [1.165, 1.54) is 11.6 Å². The molecule has 2 aromatic carbocycles. The van der Waals surface area contributed by atoms with E-state index in [1.807, 2.05) is 31.2 Å². The number of amides is 1. The van der Waals surface area contributed by atoms with Crippen LogP contribution in [-0.4, -0.2) is 5.91 Å². The molecule has 0 unspecified atom stereocenters. The van der Waals surface area contributed by atoms with E-state index < -0.39 is 0 Å². The smallest absolute Gasteiger partial charge is 0.224 e. The van der Waals surface area contributed by atoms with Gasteiger partial charge in [0.2, 0.25) is 5.91 Å². The van der Waals surface area contributed by atoms with Crippen LogP contribution in [0.1, 0.15) is 17.5 Å². The molecule has 4 heteroatoms. The van der Waals surface area contributed by atoms with Crippen molar-refractivity contribution in [3.05, 3.63) is 63.9 Å². The van der Waals surface area contributed by atoms with Gasteiger partial charge in [0.25, 0.3) is 0 Å². The number of benzene rings is 2. The first-order valence-corrected chi connectivity index (χ1v) is 7.14. The zero-order chi connectivity index (χ0) is 14.5. The lowest BCUT2D eigenvalue weighted by Crippen LogP contribution is -2.12. The van der Waals surface area contributed by atoms with Gasteiger partial charge >= 0.3 is 0 Å². The summed E-state index contributed by atoms with van der Waals surface area (Å²) < 4.78 is 13.7. The van der Waals surface area contributed by atoms with Gasteiger partial charge in [-0.2, -0.15) is 0 Å². The first-order chi connectivity index (χ1) is 9.54. The van der Waals surface area contributed by atoms with Crippen molar-refractivity contribution >= 4 is 27.5 Å². The predicted octanol–water partition coefficient (Wildman–Crippen LogP) is 4.47. The van der Waals surface area contributed by atoms with Crippen LogP contribution in [0.2, 0.25) is 0 Å². The fraction of sp³-hybridized carbons (Fsp3) is 0.188. The van der Waals surface area contributed by atoms with Crippen molar-refractivity contribution in [2.24, 2.45) is 0 Å². The lowest BCUT2D eigenvalue weighted by atomic mass is 10.1. The number of anilines is 1. The summed E-state index contributed by atoms with van der Waals surface area (Å²) >= 11 is 3.07.